The number of hydrogen-bond acceptors (Lipinski definition) is 4. The van der Waals surface area contributed by atoms with Gasteiger partial charge in [0.25, 0.3) is 0 Å². The number of nitrogens with zero attached hydrogens (tertiary/aromatic N) is 2. The summed E-state index contributed by atoms with van der Waals surface area (Å²) in [6, 6.07) is 5.58. The molecule has 1 saturated heterocycles. The van der Waals surface area contributed by atoms with Crippen LogP contribution in [0.1, 0.15) is 11.1 Å². The lowest BCUT2D eigenvalue weighted by molar-refractivity contribution is -0.133. The maximum Gasteiger partial charge on any atom is 0.243 e. The van der Waals surface area contributed by atoms with Crippen molar-refractivity contribution in [1.29, 1.82) is 0 Å². The Morgan fingerprint density at radius 2 is 1.91 bits per heavy atom. The summed E-state index contributed by atoms with van der Waals surface area (Å²) in [6.07, 6.45) is 1.13. The van der Waals surface area contributed by atoms with Crippen LogP contribution in [0.25, 0.3) is 0 Å². The van der Waals surface area contributed by atoms with Crippen LogP contribution in [0.4, 0.5) is 5.69 Å². The molecule has 0 aromatic heterocycles. The van der Waals surface area contributed by atoms with Gasteiger partial charge in [0.05, 0.1) is 25.2 Å². The minimum atomic E-state index is -3.54. The third-order valence-electron chi connectivity index (χ3n) is 3.68. The van der Waals surface area contributed by atoms with Gasteiger partial charge in [-0.1, -0.05) is 12.1 Å². The van der Waals surface area contributed by atoms with Gasteiger partial charge in [-0.2, -0.15) is 0 Å². The van der Waals surface area contributed by atoms with E-state index in [-0.39, 0.29) is 12.5 Å². The Hall–Kier alpha value is -1.60. The molecular weight excluding hydrogens is 304 g/mol. The third kappa shape index (κ3) is 3.98. The second kappa shape index (κ2) is 6.66. The van der Waals surface area contributed by atoms with Gasteiger partial charge < -0.3 is 9.64 Å². The molecule has 1 aliphatic rings. The molecule has 7 heteroatoms. The van der Waals surface area contributed by atoms with Crippen molar-refractivity contribution in [3.8, 4) is 0 Å². The van der Waals surface area contributed by atoms with Crippen molar-refractivity contribution in [2.45, 2.75) is 13.8 Å². The Bertz CT molecular complexity index is 652. The number of anilines is 1. The lowest BCUT2D eigenvalue weighted by Gasteiger charge is -2.30. The summed E-state index contributed by atoms with van der Waals surface area (Å²) in [5.41, 5.74) is 2.34. The number of sulfonamides is 1. The van der Waals surface area contributed by atoms with Gasteiger partial charge in [0.1, 0.15) is 6.54 Å². The van der Waals surface area contributed by atoms with Crippen LogP contribution in [-0.4, -0.2) is 58.3 Å². The van der Waals surface area contributed by atoms with E-state index in [0.29, 0.717) is 32.0 Å². The third-order valence-corrected chi connectivity index (χ3v) is 4.80. The summed E-state index contributed by atoms with van der Waals surface area (Å²) >= 11 is 0. The molecule has 1 fully saturated rings. The number of hydrogen-bond donors (Lipinski definition) is 0. The van der Waals surface area contributed by atoms with Gasteiger partial charge in [-0.25, -0.2) is 8.42 Å². The van der Waals surface area contributed by atoms with E-state index in [0.717, 1.165) is 17.4 Å². The van der Waals surface area contributed by atoms with E-state index < -0.39 is 10.0 Å². The van der Waals surface area contributed by atoms with Crippen molar-refractivity contribution >= 4 is 21.6 Å². The molecule has 2 rings (SSSR count). The summed E-state index contributed by atoms with van der Waals surface area (Å²) in [4.78, 5) is 14.0. The molecule has 1 heterocycles. The van der Waals surface area contributed by atoms with Gasteiger partial charge in [-0.3, -0.25) is 9.10 Å². The van der Waals surface area contributed by atoms with Gasteiger partial charge in [-0.05, 0) is 31.0 Å². The first-order valence-electron chi connectivity index (χ1n) is 7.19. The van der Waals surface area contributed by atoms with E-state index in [1.54, 1.807) is 11.0 Å². The number of benzene rings is 1. The van der Waals surface area contributed by atoms with E-state index in [4.69, 9.17) is 4.74 Å². The monoisotopic (exact) mass is 326 g/mol. The number of morpholine rings is 1. The fourth-order valence-corrected chi connectivity index (χ4v) is 3.30. The molecule has 0 N–H and O–H groups in total. The molecule has 0 spiro atoms. The molecule has 22 heavy (non-hydrogen) atoms. The Labute approximate surface area is 131 Å². The number of ether oxygens (including phenoxy) is 1. The fourth-order valence-electron chi connectivity index (χ4n) is 2.40. The van der Waals surface area contributed by atoms with Crippen molar-refractivity contribution in [1.82, 2.24) is 4.90 Å². The van der Waals surface area contributed by atoms with Gasteiger partial charge in [0.2, 0.25) is 15.9 Å². The van der Waals surface area contributed by atoms with Crippen LogP contribution >= 0.6 is 0 Å². The zero-order valence-electron chi connectivity index (χ0n) is 13.2. The first-order valence-corrected chi connectivity index (χ1v) is 9.04. The zero-order chi connectivity index (χ0) is 16.3. The number of rotatable bonds is 4. The van der Waals surface area contributed by atoms with Gasteiger partial charge in [-0.15, -0.1) is 0 Å². The lowest BCUT2D eigenvalue weighted by Crippen LogP contribution is -2.47. The molecule has 0 aliphatic carbocycles. The molecule has 0 atom stereocenters. The van der Waals surface area contributed by atoms with E-state index in [9.17, 15) is 13.2 Å². The highest BCUT2D eigenvalue weighted by Gasteiger charge is 2.26. The summed E-state index contributed by atoms with van der Waals surface area (Å²) in [5, 5.41) is 0. The Kier molecular flexibility index (Phi) is 5.08. The largest absolute Gasteiger partial charge is 0.378 e. The molecule has 122 valence electrons. The van der Waals surface area contributed by atoms with Crippen LogP contribution < -0.4 is 4.31 Å². The van der Waals surface area contributed by atoms with Crippen LogP contribution in [0.5, 0.6) is 0 Å². The molecule has 1 aromatic rings. The first kappa shape index (κ1) is 16.8. The van der Waals surface area contributed by atoms with Crippen molar-refractivity contribution in [2.75, 3.05) is 43.4 Å². The van der Waals surface area contributed by atoms with E-state index in [1.807, 2.05) is 26.0 Å². The molecule has 0 unspecified atom stereocenters. The summed E-state index contributed by atoms with van der Waals surface area (Å²) in [6.45, 7) is 5.55. The topological polar surface area (TPSA) is 66.9 Å². The molecular formula is C15H22N2O4S. The first-order chi connectivity index (χ1) is 10.3. The molecule has 0 radical (unpaired) electrons. The minimum absolute atomic E-state index is 0.177. The molecule has 1 amide bonds. The standard InChI is InChI=1S/C15H22N2O4S/c1-12-4-5-13(2)14(10-12)17(22(3,19)20)11-15(18)16-6-8-21-9-7-16/h4-5,10H,6-9,11H2,1-3H3. The second-order valence-electron chi connectivity index (χ2n) is 5.55. The zero-order valence-corrected chi connectivity index (χ0v) is 14.0. The average Bonchev–Trinajstić information content (AvgIpc) is 2.47. The van der Waals surface area contributed by atoms with E-state index in [1.165, 1.54) is 4.31 Å². The Morgan fingerprint density at radius 1 is 1.27 bits per heavy atom. The average molecular weight is 326 g/mol. The van der Waals surface area contributed by atoms with Crippen molar-refractivity contribution in [3.05, 3.63) is 29.3 Å². The molecule has 0 saturated carbocycles. The van der Waals surface area contributed by atoms with Crippen LogP contribution in [-0.2, 0) is 19.6 Å². The second-order valence-corrected chi connectivity index (χ2v) is 7.46. The highest BCUT2D eigenvalue weighted by atomic mass is 32.2. The SMILES string of the molecule is Cc1ccc(C)c(N(CC(=O)N2CCOCC2)S(C)(=O)=O)c1. The normalized spacial score (nSPS) is 15.7. The molecule has 1 aliphatic heterocycles. The maximum absolute atomic E-state index is 12.4. The fraction of sp³-hybridized carbons (Fsp3) is 0.533. The van der Waals surface area contributed by atoms with Crippen molar-refractivity contribution < 1.29 is 17.9 Å². The number of carbonyl (C=O) groups is 1. The predicted octanol–water partition coefficient (Wildman–Crippen LogP) is 0.928. The summed E-state index contributed by atoms with van der Waals surface area (Å²) < 4.78 is 30.7. The van der Waals surface area contributed by atoms with Crippen LogP contribution in [0, 0.1) is 13.8 Å². The highest BCUT2D eigenvalue weighted by Crippen LogP contribution is 2.24. The number of aryl methyl sites for hydroxylation is 2. The molecule has 6 nitrogen and oxygen atoms in total. The Balaban J connectivity index is 2.27. The summed E-state index contributed by atoms with van der Waals surface area (Å²) in [5.74, 6) is -0.199. The van der Waals surface area contributed by atoms with Crippen molar-refractivity contribution in [3.63, 3.8) is 0 Å². The predicted molar refractivity (Wildman–Crippen MR) is 85.5 cm³/mol. The smallest absolute Gasteiger partial charge is 0.243 e. The van der Waals surface area contributed by atoms with Gasteiger partial charge >= 0.3 is 0 Å². The highest BCUT2D eigenvalue weighted by molar-refractivity contribution is 7.92. The lowest BCUT2D eigenvalue weighted by atomic mass is 10.1. The minimum Gasteiger partial charge on any atom is -0.378 e. The van der Waals surface area contributed by atoms with Gasteiger partial charge in [0, 0.05) is 13.1 Å². The quantitative estimate of drug-likeness (QED) is 0.825. The number of amides is 1. The van der Waals surface area contributed by atoms with Crippen LogP contribution in [0.3, 0.4) is 0 Å². The van der Waals surface area contributed by atoms with Crippen LogP contribution in [0.15, 0.2) is 18.2 Å². The van der Waals surface area contributed by atoms with E-state index in [2.05, 4.69) is 0 Å². The van der Waals surface area contributed by atoms with E-state index >= 15 is 0 Å². The molecule has 1 aromatic carbocycles. The Morgan fingerprint density at radius 3 is 2.50 bits per heavy atom. The maximum atomic E-state index is 12.4. The summed E-state index contributed by atoms with van der Waals surface area (Å²) in [7, 11) is -3.54. The van der Waals surface area contributed by atoms with Crippen molar-refractivity contribution in [2.24, 2.45) is 0 Å². The molecule has 0 bridgehead atoms. The van der Waals surface area contributed by atoms with Crippen LogP contribution in [0.2, 0.25) is 0 Å². The number of carbonyl (C=O) groups excluding carboxylic acids is 1. The van der Waals surface area contributed by atoms with Gasteiger partial charge in [0.15, 0.2) is 0 Å².